The first kappa shape index (κ1) is 13.0. The topological polar surface area (TPSA) is 29.5 Å². The minimum atomic E-state index is -0.635. The van der Waals surface area contributed by atoms with Gasteiger partial charge in [-0.15, -0.1) is 0 Å². The molecule has 0 bridgehead atoms. The second-order valence-corrected chi connectivity index (χ2v) is 5.46. The normalized spacial score (nSPS) is 36.2. The highest BCUT2D eigenvalue weighted by Gasteiger charge is 2.36. The van der Waals surface area contributed by atoms with E-state index in [4.69, 9.17) is 4.74 Å². The third-order valence-electron chi connectivity index (χ3n) is 4.08. The number of hydrogen-bond acceptors (Lipinski definition) is 2. The molecule has 2 nitrogen and oxygen atoms in total. The molecule has 1 saturated carbocycles. The molecule has 1 N–H and O–H groups in total. The molecule has 0 aromatic heterocycles. The van der Waals surface area contributed by atoms with E-state index in [2.05, 4.69) is 13.8 Å². The zero-order chi connectivity index (χ0) is 11.5. The van der Waals surface area contributed by atoms with Crippen molar-refractivity contribution < 1.29 is 9.84 Å². The lowest BCUT2D eigenvalue weighted by Crippen LogP contribution is -2.42. The molecule has 0 saturated heterocycles. The first-order valence-corrected chi connectivity index (χ1v) is 6.27. The third kappa shape index (κ3) is 3.46. The molecule has 0 aliphatic heterocycles. The quantitative estimate of drug-likeness (QED) is 0.779. The summed E-state index contributed by atoms with van der Waals surface area (Å²) in [6.45, 7) is 9.69. The van der Waals surface area contributed by atoms with Gasteiger partial charge in [-0.25, -0.2) is 0 Å². The predicted molar refractivity (Wildman–Crippen MR) is 62.8 cm³/mol. The molecule has 4 atom stereocenters. The molecule has 0 heterocycles. The van der Waals surface area contributed by atoms with Crippen molar-refractivity contribution in [3.05, 3.63) is 0 Å². The van der Waals surface area contributed by atoms with Gasteiger partial charge in [0.15, 0.2) is 0 Å². The third-order valence-corrected chi connectivity index (χ3v) is 4.08. The maximum absolute atomic E-state index is 10.3. The van der Waals surface area contributed by atoms with Gasteiger partial charge in [0, 0.05) is 6.61 Å². The van der Waals surface area contributed by atoms with Gasteiger partial charge in [-0.05, 0) is 44.4 Å². The second-order valence-electron chi connectivity index (χ2n) is 5.46. The Labute approximate surface area is 94.0 Å². The van der Waals surface area contributed by atoms with Crippen molar-refractivity contribution in [1.29, 1.82) is 0 Å². The smallest absolute Gasteiger partial charge is 0.0880 e. The molecule has 1 aliphatic rings. The van der Waals surface area contributed by atoms with Crippen LogP contribution in [0.5, 0.6) is 0 Å². The van der Waals surface area contributed by atoms with E-state index in [1.165, 1.54) is 6.42 Å². The van der Waals surface area contributed by atoms with Crippen molar-refractivity contribution in [2.45, 2.75) is 52.6 Å². The average molecular weight is 214 g/mol. The Hall–Kier alpha value is -0.0800. The van der Waals surface area contributed by atoms with Crippen molar-refractivity contribution >= 4 is 0 Å². The molecule has 90 valence electrons. The maximum atomic E-state index is 10.3. The van der Waals surface area contributed by atoms with E-state index in [1.807, 2.05) is 13.8 Å². The molecular weight excluding hydrogens is 188 g/mol. The zero-order valence-corrected chi connectivity index (χ0v) is 10.6. The fourth-order valence-corrected chi connectivity index (χ4v) is 2.54. The molecule has 0 spiro atoms. The van der Waals surface area contributed by atoms with Gasteiger partial charge >= 0.3 is 0 Å². The van der Waals surface area contributed by atoms with E-state index in [-0.39, 0.29) is 0 Å². The Bertz CT molecular complexity index is 189. The number of hydrogen-bond donors (Lipinski definition) is 1. The fraction of sp³-hybridized carbons (Fsp3) is 1.00. The van der Waals surface area contributed by atoms with Crippen molar-refractivity contribution in [3.8, 4) is 0 Å². The Kier molecular flexibility index (Phi) is 4.60. The fourth-order valence-electron chi connectivity index (χ4n) is 2.54. The predicted octanol–water partition coefficient (Wildman–Crippen LogP) is 2.85. The van der Waals surface area contributed by atoms with Gasteiger partial charge in [-0.2, -0.15) is 0 Å². The Balaban J connectivity index is 2.48. The molecule has 1 fully saturated rings. The minimum absolute atomic E-state index is 0.412. The van der Waals surface area contributed by atoms with Crippen LogP contribution in [0.25, 0.3) is 0 Å². The Morgan fingerprint density at radius 3 is 2.47 bits per heavy atom. The summed E-state index contributed by atoms with van der Waals surface area (Å²) in [6, 6.07) is 0. The van der Waals surface area contributed by atoms with Crippen LogP contribution in [0.15, 0.2) is 0 Å². The molecule has 0 aromatic rings. The molecule has 2 heteroatoms. The van der Waals surface area contributed by atoms with E-state index in [0.717, 1.165) is 24.7 Å². The highest BCUT2D eigenvalue weighted by Crippen LogP contribution is 2.38. The highest BCUT2D eigenvalue weighted by molar-refractivity contribution is 4.87. The van der Waals surface area contributed by atoms with Gasteiger partial charge in [0.2, 0.25) is 0 Å². The molecule has 0 amide bonds. The summed E-state index contributed by atoms with van der Waals surface area (Å²) in [6.07, 6.45) is 3.53. The lowest BCUT2D eigenvalue weighted by atomic mass is 9.70. The molecule has 4 unspecified atom stereocenters. The van der Waals surface area contributed by atoms with E-state index in [9.17, 15) is 5.11 Å². The van der Waals surface area contributed by atoms with Crippen molar-refractivity contribution in [2.24, 2.45) is 17.8 Å². The maximum Gasteiger partial charge on any atom is 0.0880 e. The van der Waals surface area contributed by atoms with Crippen molar-refractivity contribution in [3.63, 3.8) is 0 Å². The molecular formula is C13H26O2. The standard InChI is InChI=1S/C13H26O2/c1-5-15-9-13(4,14)12-7-6-10(2)11(3)8-12/h10-12,14H,5-9H2,1-4H3. The van der Waals surface area contributed by atoms with Crippen LogP contribution in [0.2, 0.25) is 0 Å². The lowest BCUT2D eigenvalue weighted by molar-refractivity contribution is -0.0874. The van der Waals surface area contributed by atoms with Gasteiger partial charge < -0.3 is 9.84 Å². The summed E-state index contributed by atoms with van der Waals surface area (Å²) in [5, 5.41) is 10.3. The first-order valence-electron chi connectivity index (χ1n) is 6.27. The summed E-state index contributed by atoms with van der Waals surface area (Å²) in [5.74, 6) is 1.95. The van der Waals surface area contributed by atoms with E-state index in [1.54, 1.807) is 0 Å². The van der Waals surface area contributed by atoms with Crippen LogP contribution in [0.1, 0.15) is 47.0 Å². The summed E-state index contributed by atoms with van der Waals surface area (Å²) in [7, 11) is 0. The van der Waals surface area contributed by atoms with Gasteiger partial charge in [-0.3, -0.25) is 0 Å². The summed E-state index contributed by atoms with van der Waals surface area (Å²) in [5.41, 5.74) is -0.635. The lowest BCUT2D eigenvalue weighted by Gasteiger charge is -2.40. The first-order chi connectivity index (χ1) is 6.97. The van der Waals surface area contributed by atoms with E-state index < -0.39 is 5.60 Å². The van der Waals surface area contributed by atoms with Crippen LogP contribution in [-0.2, 0) is 4.74 Å². The van der Waals surface area contributed by atoms with Crippen molar-refractivity contribution in [1.82, 2.24) is 0 Å². The molecule has 0 aromatic carbocycles. The van der Waals surface area contributed by atoms with Crippen molar-refractivity contribution in [2.75, 3.05) is 13.2 Å². The molecule has 15 heavy (non-hydrogen) atoms. The van der Waals surface area contributed by atoms with Gasteiger partial charge in [0.05, 0.1) is 12.2 Å². The second kappa shape index (κ2) is 5.31. The average Bonchev–Trinajstić information content (AvgIpc) is 2.19. The largest absolute Gasteiger partial charge is 0.387 e. The SMILES string of the molecule is CCOCC(C)(O)C1CCC(C)C(C)C1. The van der Waals surface area contributed by atoms with Gasteiger partial charge in [-0.1, -0.05) is 20.3 Å². The number of rotatable bonds is 4. The molecule has 1 aliphatic carbocycles. The van der Waals surface area contributed by atoms with Gasteiger partial charge in [0.1, 0.15) is 0 Å². The Morgan fingerprint density at radius 2 is 1.93 bits per heavy atom. The van der Waals surface area contributed by atoms with Crippen LogP contribution in [-0.4, -0.2) is 23.9 Å². The monoisotopic (exact) mass is 214 g/mol. The minimum Gasteiger partial charge on any atom is -0.387 e. The van der Waals surface area contributed by atoms with Crippen LogP contribution >= 0.6 is 0 Å². The molecule has 0 radical (unpaired) electrons. The number of ether oxygens (including phenoxy) is 1. The summed E-state index contributed by atoms with van der Waals surface area (Å²) < 4.78 is 5.36. The zero-order valence-electron chi connectivity index (χ0n) is 10.6. The van der Waals surface area contributed by atoms with E-state index in [0.29, 0.717) is 19.1 Å². The molecule has 1 rings (SSSR count). The van der Waals surface area contributed by atoms with E-state index >= 15 is 0 Å². The number of aliphatic hydroxyl groups is 1. The van der Waals surface area contributed by atoms with Crippen LogP contribution in [0.3, 0.4) is 0 Å². The van der Waals surface area contributed by atoms with Crippen LogP contribution in [0.4, 0.5) is 0 Å². The van der Waals surface area contributed by atoms with Crippen LogP contribution < -0.4 is 0 Å². The van der Waals surface area contributed by atoms with Gasteiger partial charge in [0.25, 0.3) is 0 Å². The summed E-state index contributed by atoms with van der Waals surface area (Å²) >= 11 is 0. The Morgan fingerprint density at radius 1 is 1.27 bits per heavy atom. The summed E-state index contributed by atoms with van der Waals surface area (Å²) in [4.78, 5) is 0. The van der Waals surface area contributed by atoms with Crippen LogP contribution in [0, 0.1) is 17.8 Å². The highest BCUT2D eigenvalue weighted by atomic mass is 16.5.